The van der Waals surface area contributed by atoms with E-state index in [2.05, 4.69) is 43.0 Å². The van der Waals surface area contributed by atoms with Crippen LogP contribution in [0.2, 0.25) is 0 Å². The lowest BCUT2D eigenvalue weighted by Crippen LogP contribution is -2.62. The Kier molecular flexibility index (Phi) is 5.54. The van der Waals surface area contributed by atoms with Crippen LogP contribution in [-0.2, 0) is 10.2 Å². The molecule has 3 heterocycles. The van der Waals surface area contributed by atoms with Crippen LogP contribution in [0.25, 0.3) is 21.7 Å². The number of para-hydroxylation sites is 1. The standard InChI is InChI=1S/C34H28N2O5/c1-21-18-31(38)40-29-19-23(13-14-24(21)29)39-30(37)16-17-36-27-11-7-6-10-26(27)33(2,3)34(36)20-35-32-25-9-5-4-8-22(25)12-15-28(32)41-34/h4-15,18-20H,16-17H2,1-3H3. The van der Waals surface area contributed by atoms with Gasteiger partial charge in [-0.05, 0) is 61.5 Å². The van der Waals surface area contributed by atoms with Crippen molar-refractivity contribution in [3.8, 4) is 11.5 Å². The smallest absolute Gasteiger partial charge is 0.336 e. The van der Waals surface area contributed by atoms with E-state index < -0.39 is 22.7 Å². The number of benzene rings is 4. The first-order chi connectivity index (χ1) is 19.8. The highest BCUT2D eigenvalue weighted by Gasteiger charge is 2.59. The number of rotatable bonds is 4. The molecule has 0 N–H and O–H groups in total. The molecule has 0 radical (unpaired) electrons. The summed E-state index contributed by atoms with van der Waals surface area (Å²) in [7, 11) is 0. The molecule has 7 nitrogen and oxygen atoms in total. The maximum Gasteiger partial charge on any atom is 0.336 e. The number of hydrogen-bond acceptors (Lipinski definition) is 7. The number of ether oxygens (including phenoxy) is 2. The SMILES string of the molecule is Cc1cc(=O)oc2cc(OC(=O)CCN3c4ccccc4C(C)(C)C34C=Nc3c(ccc5ccccc35)O4)ccc12. The van der Waals surface area contributed by atoms with Gasteiger partial charge in [-0.15, -0.1) is 0 Å². The third-order valence-corrected chi connectivity index (χ3v) is 8.36. The molecular weight excluding hydrogens is 516 g/mol. The first kappa shape index (κ1) is 25.1. The number of hydrogen-bond donors (Lipinski definition) is 0. The number of aryl methyl sites for hydroxylation is 1. The van der Waals surface area contributed by atoms with Gasteiger partial charge in [-0.3, -0.25) is 9.79 Å². The average Bonchev–Trinajstić information content (AvgIpc) is 3.13. The van der Waals surface area contributed by atoms with Crippen LogP contribution in [0.4, 0.5) is 11.4 Å². The van der Waals surface area contributed by atoms with Crippen molar-refractivity contribution in [3.05, 3.63) is 106 Å². The highest BCUT2D eigenvalue weighted by Crippen LogP contribution is 2.54. The van der Waals surface area contributed by atoms with Crippen molar-refractivity contribution >= 4 is 45.3 Å². The Morgan fingerprint density at radius 2 is 1.76 bits per heavy atom. The maximum absolute atomic E-state index is 13.1. The van der Waals surface area contributed by atoms with E-state index in [9.17, 15) is 9.59 Å². The summed E-state index contributed by atoms with van der Waals surface area (Å²) < 4.78 is 17.9. The molecule has 204 valence electrons. The summed E-state index contributed by atoms with van der Waals surface area (Å²) in [6, 6.07) is 26.8. The van der Waals surface area contributed by atoms with E-state index >= 15 is 0 Å². The zero-order valence-electron chi connectivity index (χ0n) is 23.0. The number of anilines is 1. The van der Waals surface area contributed by atoms with E-state index in [4.69, 9.17) is 18.9 Å². The van der Waals surface area contributed by atoms with Crippen molar-refractivity contribution in [1.29, 1.82) is 0 Å². The molecule has 0 saturated carbocycles. The Hall–Kier alpha value is -4.91. The van der Waals surface area contributed by atoms with Crippen molar-refractivity contribution in [2.45, 2.75) is 38.3 Å². The molecular formula is C34H28N2O5. The van der Waals surface area contributed by atoms with Crippen molar-refractivity contribution in [1.82, 2.24) is 0 Å². The monoisotopic (exact) mass is 544 g/mol. The Morgan fingerprint density at radius 3 is 2.63 bits per heavy atom. The van der Waals surface area contributed by atoms with Gasteiger partial charge in [-0.1, -0.05) is 48.5 Å². The summed E-state index contributed by atoms with van der Waals surface area (Å²) in [5, 5.41) is 2.92. The van der Waals surface area contributed by atoms with Crippen LogP contribution in [0.3, 0.4) is 0 Å². The van der Waals surface area contributed by atoms with Crippen molar-refractivity contribution in [2.24, 2.45) is 4.99 Å². The van der Waals surface area contributed by atoms with Gasteiger partial charge in [-0.2, -0.15) is 0 Å². The van der Waals surface area contributed by atoms with Gasteiger partial charge in [0.15, 0.2) is 0 Å². The molecule has 1 aromatic heterocycles. The summed E-state index contributed by atoms with van der Waals surface area (Å²) in [4.78, 5) is 32.0. The zero-order valence-corrected chi connectivity index (χ0v) is 23.0. The van der Waals surface area contributed by atoms with Gasteiger partial charge in [-0.25, -0.2) is 4.79 Å². The number of nitrogens with zero attached hydrogens (tertiary/aromatic N) is 2. The van der Waals surface area contributed by atoms with Gasteiger partial charge < -0.3 is 18.8 Å². The molecule has 0 amide bonds. The topological polar surface area (TPSA) is 81.3 Å². The Balaban J connectivity index is 1.20. The largest absolute Gasteiger partial charge is 0.459 e. The van der Waals surface area contributed by atoms with Crippen LogP contribution in [0.1, 0.15) is 31.4 Å². The summed E-state index contributed by atoms with van der Waals surface area (Å²) in [5.41, 5.74) is 2.23. The average molecular weight is 545 g/mol. The molecule has 0 fully saturated rings. The fourth-order valence-corrected chi connectivity index (χ4v) is 6.20. The van der Waals surface area contributed by atoms with Crippen molar-refractivity contribution in [3.63, 3.8) is 0 Å². The summed E-state index contributed by atoms with van der Waals surface area (Å²) >= 11 is 0. The van der Waals surface area contributed by atoms with Crippen molar-refractivity contribution < 1.29 is 18.7 Å². The molecule has 4 aromatic carbocycles. The first-order valence-corrected chi connectivity index (χ1v) is 13.7. The molecule has 41 heavy (non-hydrogen) atoms. The second-order valence-corrected chi connectivity index (χ2v) is 11.1. The second kappa shape index (κ2) is 9.06. The second-order valence-electron chi connectivity index (χ2n) is 11.1. The Morgan fingerprint density at radius 1 is 0.951 bits per heavy atom. The van der Waals surface area contributed by atoms with Crippen LogP contribution < -0.4 is 20.0 Å². The molecule has 1 atom stereocenters. The predicted molar refractivity (Wildman–Crippen MR) is 160 cm³/mol. The minimum Gasteiger partial charge on any atom is -0.459 e. The molecule has 1 unspecified atom stereocenters. The molecule has 0 bridgehead atoms. The lowest BCUT2D eigenvalue weighted by molar-refractivity contribution is -0.134. The lowest BCUT2D eigenvalue weighted by atomic mass is 9.77. The number of aliphatic imine (C=N–C) groups is 1. The van der Waals surface area contributed by atoms with Crippen LogP contribution >= 0.6 is 0 Å². The van der Waals surface area contributed by atoms with Gasteiger partial charge in [0.2, 0.25) is 5.72 Å². The van der Waals surface area contributed by atoms with E-state index in [-0.39, 0.29) is 6.42 Å². The van der Waals surface area contributed by atoms with Crippen LogP contribution in [0.15, 0.2) is 99.1 Å². The Bertz CT molecular complexity index is 1960. The molecule has 0 saturated heterocycles. The number of fused-ring (bicyclic) bond motifs is 5. The van der Waals surface area contributed by atoms with Crippen LogP contribution in [0.5, 0.6) is 11.5 Å². The quantitative estimate of drug-likeness (QED) is 0.140. The Labute approximate surface area is 236 Å². The summed E-state index contributed by atoms with van der Waals surface area (Å²) in [6.45, 7) is 6.48. The number of esters is 1. The summed E-state index contributed by atoms with van der Waals surface area (Å²) in [5.74, 6) is 0.618. The lowest BCUT2D eigenvalue weighted by Gasteiger charge is -2.46. The molecule has 1 spiro atoms. The van der Waals surface area contributed by atoms with E-state index in [1.54, 1.807) is 18.2 Å². The van der Waals surface area contributed by atoms with E-state index in [1.165, 1.54) is 6.07 Å². The molecule has 2 aliphatic heterocycles. The zero-order chi connectivity index (χ0) is 28.4. The van der Waals surface area contributed by atoms with E-state index in [0.29, 0.717) is 23.6 Å². The minimum absolute atomic E-state index is 0.101. The minimum atomic E-state index is -0.948. The fraction of sp³-hybridized carbons (Fsp3) is 0.206. The highest BCUT2D eigenvalue weighted by molar-refractivity contribution is 6.00. The van der Waals surface area contributed by atoms with Gasteiger partial charge in [0.25, 0.3) is 0 Å². The molecule has 7 rings (SSSR count). The van der Waals surface area contributed by atoms with Crippen LogP contribution in [-0.4, -0.2) is 24.5 Å². The fourth-order valence-electron chi connectivity index (χ4n) is 6.20. The van der Waals surface area contributed by atoms with Gasteiger partial charge in [0, 0.05) is 35.1 Å². The summed E-state index contributed by atoms with van der Waals surface area (Å²) in [6.07, 6.45) is 1.99. The molecule has 0 aliphatic carbocycles. The van der Waals surface area contributed by atoms with Crippen molar-refractivity contribution in [2.75, 3.05) is 11.4 Å². The van der Waals surface area contributed by atoms with Crippen LogP contribution in [0, 0.1) is 6.92 Å². The predicted octanol–water partition coefficient (Wildman–Crippen LogP) is 6.84. The molecule has 7 heteroatoms. The maximum atomic E-state index is 13.1. The van der Waals surface area contributed by atoms with E-state index in [0.717, 1.165) is 38.7 Å². The van der Waals surface area contributed by atoms with Gasteiger partial charge in [0.05, 0.1) is 18.1 Å². The first-order valence-electron chi connectivity index (χ1n) is 13.7. The third-order valence-electron chi connectivity index (χ3n) is 8.36. The third kappa shape index (κ3) is 3.84. The highest BCUT2D eigenvalue weighted by atomic mass is 16.5. The van der Waals surface area contributed by atoms with Gasteiger partial charge >= 0.3 is 11.6 Å². The van der Waals surface area contributed by atoms with E-state index in [1.807, 2.05) is 49.5 Å². The van der Waals surface area contributed by atoms with Gasteiger partial charge in [0.1, 0.15) is 22.8 Å². The molecule has 2 aliphatic rings. The molecule has 5 aromatic rings. The number of carbonyl (C=O) groups is 1. The number of carbonyl (C=O) groups excluding carboxylic acids is 1. The normalized spacial score (nSPS) is 18.4.